The van der Waals surface area contributed by atoms with E-state index in [1.807, 2.05) is 17.4 Å². The highest BCUT2D eigenvalue weighted by Crippen LogP contribution is 2.41. The fourth-order valence-corrected chi connectivity index (χ4v) is 4.23. The molecule has 0 unspecified atom stereocenters. The van der Waals surface area contributed by atoms with Crippen molar-refractivity contribution in [2.75, 3.05) is 18.5 Å². The van der Waals surface area contributed by atoms with E-state index in [0.29, 0.717) is 48.2 Å². The first-order valence-corrected chi connectivity index (χ1v) is 9.66. The summed E-state index contributed by atoms with van der Waals surface area (Å²) in [6.07, 6.45) is 4.91. The Hall–Kier alpha value is -3.75. The van der Waals surface area contributed by atoms with Gasteiger partial charge in [0.05, 0.1) is 36.1 Å². The highest BCUT2D eigenvalue weighted by atomic mass is 19.1. The van der Waals surface area contributed by atoms with Crippen molar-refractivity contribution in [2.24, 2.45) is 0 Å². The summed E-state index contributed by atoms with van der Waals surface area (Å²) in [6.45, 7) is 3.02. The first kappa shape index (κ1) is 17.1. The van der Waals surface area contributed by atoms with Gasteiger partial charge in [-0.25, -0.2) is 4.39 Å². The fourth-order valence-electron chi connectivity index (χ4n) is 4.23. The van der Waals surface area contributed by atoms with E-state index in [1.54, 1.807) is 24.8 Å². The molecule has 0 saturated carbocycles. The van der Waals surface area contributed by atoms with Gasteiger partial charge in [-0.15, -0.1) is 10.2 Å². The van der Waals surface area contributed by atoms with Gasteiger partial charge >= 0.3 is 0 Å². The molecule has 2 aliphatic heterocycles. The number of benzene rings is 1. The second kappa shape index (κ2) is 6.38. The molecule has 3 aromatic heterocycles. The molecule has 2 aliphatic rings. The summed E-state index contributed by atoms with van der Waals surface area (Å²) in [5.74, 6) is 1.70. The zero-order chi connectivity index (χ0) is 20.2. The van der Waals surface area contributed by atoms with Crippen LogP contribution >= 0.6 is 0 Å². The molecule has 4 aromatic rings. The number of nitrogens with zero attached hydrogens (tertiary/aromatic N) is 5. The van der Waals surface area contributed by atoms with Crippen LogP contribution in [0.1, 0.15) is 22.7 Å². The normalized spacial score (nSPS) is 17.1. The average molecular weight is 404 g/mol. The Labute approximate surface area is 170 Å². The third-order valence-electron chi connectivity index (χ3n) is 5.66. The van der Waals surface area contributed by atoms with Crippen LogP contribution in [0.5, 0.6) is 11.5 Å². The highest BCUT2D eigenvalue weighted by Gasteiger charge is 2.31. The van der Waals surface area contributed by atoms with Gasteiger partial charge < -0.3 is 14.8 Å². The lowest BCUT2D eigenvalue weighted by molar-refractivity contribution is 0.249. The van der Waals surface area contributed by atoms with Crippen molar-refractivity contribution in [1.82, 2.24) is 24.6 Å². The van der Waals surface area contributed by atoms with Crippen molar-refractivity contribution in [1.29, 1.82) is 0 Å². The summed E-state index contributed by atoms with van der Waals surface area (Å²) in [6, 6.07) is 5.03. The summed E-state index contributed by atoms with van der Waals surface area (Å²) >= 11 is 0. The number of hydrogen-bond acceptors (Lipinski definition) is 7. The minimum atomic E-state index is -0.257. The molecule has 0 spiro atoms. The van der Waals surface area contributed by atoms with E-state index in [-0.39, 0.29) is 11.7 Å². The third kappa shape index (κ3) is 2.44. The van der Waals surface area contributed by atoms with E-state index < -0.39 is 0 Å². The van der Waals surface area contributed by atoms with Crippen molar-refractivity contribution < 1.29 is 13.9 Å². The molecule has 0 radical (unpaired) electrons. The highest BCUT2D eigenvalue weighted by molar-refractivity contribution is 5.81. The second-order valence-corrected chi connectivity index (χ2v) is 7.40. The van der Waals surface area contributed by atoms with Crippen molar-refractivity contribution in [3.63, 3.8) is 0 Å². The molecule has 1 aromatic carbocycles. The Balaban J connectivity index is 1.54. The molecule has 5 heterocycles. The Morgan fingerprint density at radius 2 is 1.97 bits per heavy atom. The summed E-state index contributed by atoms with van der Waals surface area (Å²) < 4.78 is 28.5. The summed E-state index contributed by atoms with van der Waals surface area (Å²) in [4.78, 5) is 8.82. The SMILES string of the molecule is Cc1nccnc1-c1cc2c(n3cnnc13)NCc1c(F)ccc3c1[C@@H](CO3)CO2. The Kier molecular flexibility index (Phi) is 3.64. The maximum atomic E-state index is 14.7. The molecule has 1 atom stereocenters. The average Bonchev–Trinajstić information content (AvgIpc) is 3.40. The summed E-state index contributed by atoms with van der Waals surface area (Å²) in [5.41, 5.74) is 4.35. The first-order chi connectivity index (χ1) is 14.7. The number of aromatic nitrogens is 5. The van der Waals surface area contributed by atoms with E-state index >= 15 is 0 Å². The molecule has 0 bridgehead atoms. The lowest BCUT2D eigenvalue weighted by atomic mass is 9.96. The predicted molar refractivity (Wildman–Crippen MR) is 106 cm³/mol. The molecule has 150 valence electrons. The van der Waals surface area contributed by atoms with Crippen LogP contribution in [0.2, 0.25) is 0 Å². The molecule has 0 fully saturated rings. The molecular weight excluding hydrogens is 387 g/mol. The first-order valence-electron chi connectivity index (χ1n) is 9.66. The van der Waals surface area contributed by atoms with Gasteiger partial charge in [-0.2, -0.15) is 0 Å². The summed E-state index contributed by atoms with van der Waals surface area (Å²) in [7, 11) is 0. The van der Waals surface area contributed by atoms with E-state index in [0.717, 1.165) is 22.6 Å². The molecule has 0 amide bonds. The van der Waals surface area contributed by atoms with Crippen LogP contribution in [-0.4, -0.2) is 37.8 Å². The molecule has 1 N–H and O–H groups in total. The van der Waals surface area contributed by atoms with Gasteiger partial charge in [0.15, 0.2) is 17.2 Å². The Morgan fingerprint density at radius 3 is 2.83 bits per heavy atom. The van der Waals surface area contributed by atoms with Gasteiger partial charge in [0, 0.05) is 30.1 Å². The van der Waals surface area contributed by atoms with Crippen molar-refractivity contribution in [3.8, 4) is 22.8 Å². The molecule has 0 saturated heterocycles. The number of nitrogens with one attached hydrogen (secondary N) is 1. The Bertz CT molecular complexity index is 1300. The van der Waals surface area contributed by atoms with Gasteiger partial charge in [-0.3, -0.25) is 14.4 Å². The number of fused-ring (bicyclic) bond motifs is 3. The minimum Gasteiger partial charge on any atom is -0.493 e. The van der Waals surface area contributed by atoms with Crippen LogP contribution in [0.4, 0.5) is 10.2 Å². The molecule has 0 aliphatic carbocycles. The van der Waals surface area contributed by atoms with Crippen LogP contribution in [0, 0.1) is 12.7 Å². The standard InChI is InChI=1S/C21H17FN6O2/c1-11-19(24-5-4-23-11)13-6-17-21(28-10-26-27-20(13)28)25-7-14-15(22)2-3-16-18(14)12(8-29-16)9-30-17/h2-6,10,12,25H,7-9H2,1H3/t12-/m0/s1. The maximum Gasteiger partial charge on any atom is 0.171 e. The Morgan fingerprint density at radius 1 is 1.13 bits per heavy atom. The minimum absolute atomic E-state index is 0.0447. The van der Waals surface area contributed by atoms with Crippen molar-refractivity contribution >= 4 is 11.5 Å². The van der Waals surface area contributed by atoms with Gasteiger partial charge in [0.2, 0.25) is 0 Å². The molecular formula is C21H17FN6O2. The van der Waals surface area contributed by atoms with Gasteiger partial charge in [-0.05, 0) is 25.1 Å². The largest absolute Gasteiger partial charge is 0.493 e. The van der Waals surface area contributed by atoms with Crippen LogP contribution in [0.25, 0.3) is 16.9 Å². The number of ether oxygens (including phenoxy) is 2. The maximum absolute atomic E-state index is 14.7. The number of hydrogen-bond donors (Lipinski definition) is 1. The number of halogens is 1. The second-order valence-electron chi connectivity index (χ2n) is 7.40. The van der Waals surface area contributed by atoms with Crippen LogP contribution in [0.3, 0.4) is 0 Å². The third-order valence-corrected chi connectivity index (χ3v) is 5.66. The number of rotatable bonds is 1. The van der Waals surface area contributed by atoms with Crippen LogP contribution in [0.15, 0.2) is 36.9 Å². The smallest absolute Gasteiger partial charge is 0.171 e. The van der Waals surface area contributed by atoms with Gasteiger partial charge in [-0.1, -0.05) is 0 Å². The van der Waals surface area contributed by atoms with Gasteiger partial charge in [0.1, 0.15) is 17.9 Å². The van der Waals surface area contributed by atoms with E-state index in [9.17, 15) is 4.39 Å². The quantitative estimate of drug-likeness (QED) is 0.522. The van der Waals surface area contributed by atoms with Gasteiger partial charge in [0.25, 0.3) is 0 Å². The van der Waals surface area contributed by atoms with E-state index in [2.05, 4.69) is 25.5 Å². The zero-order valence-electron chi connectivity index (χ0n) is 16.1. The predicted octanol–water partition coefficient (Wildman–Crippen LogP) is 3.11. The number of pyridine rings is 1. The molecule has 8 nitrogen and oxygen atoms in total. The molecule has 6 rings (SSSR count). The zero-order valence-corrected chi connectivity index (χ0v) is 16.1. The number of aryl methyl sites for hydroxylation is 1. The molecule has 9 heteroatoms. The van der Waals surface area contributed by atoms with Crippen molar-refractivity contribution in [2.45, 2.75) is 19.4 Å². The van der Waals surface area contributed by atoms with Crippen molar-refractivity contribution in [3.05, 3.63) is 59.6 Å². The van der Waals surface area contributed by atoms with Crippen LogP contribution < -0.4 is 14.8 Å². The number of anilines is 1. The van der Waals surface area contributed by atoms with E-state index in [4.69, 9.17) is 9.47 Å². The van der Waals surface area contributed by atoms with Crippen LogP contribution in [-0.2, 0) is 6.54 Å². The lowest BCUT2D eigenvalue weighted by Gasteiger charge is -2.16. The van der Waals surface area contributed by atoms with E-state index in [1.165, 1.54) is 6.07 Å². The topological polar surface area (TPSA) is 86.5 Å². The fraction of sp³-hybridized carbons (Fsp3) is 0.238. The summed E-state index contributed by atoms with van der Waals surface area (Å²) in [5, 5.41) is 11.7. The monoisotopic (exact) mass is 404 g/mol. The lowest BCUT2D eigenvalue weighted by Crippen LogP contribution is -2.13. The molecule has 30 heavy (non-hydrogen) atoms.